The van der Waals surface area contributed by atoms with E-state index >= 15 is 0 Å². The van der Waals surface area contributed by atoms with Crippen LogP contribution in [0.15, 0.2) is 0 Å². The monoisotopic (exact) mass is 349 g/mol. The Hall–Kier alpha value is 0.440. The van der Waals surface area contributed by atoms with Gasteiger partial charge in [0, 0.05) is 0 Å². The van der Waals surface area contributed by atoms with Crippen LogP contribution in [0.3, 0.4) is 0 Å². The van der Waals surface area contributed by atoms with Crippen LogP contribution < -0.4 is 21.9 Å². The smallest absolute Gasteiger partial charge is 0.0770 e. The molecule has 0 aromatic carbocycles. The predicted octanol–water partition coefficient (Wildman–Crippen LogP) is 1.62. The van der Waals surface area contributed by atoms with Crippen LogP contribution in [-0.4, -0.2) is 19.6 Å². The summed E-state index contributed by atoms with van der Waals surface area (Å²) in [7, 11) is 0. The molecule has 1 nitrogen and oxygen atoms in total. The second-order valence-corrected chi connectivity index (χ2v) is 6.18. The Labute approximate surface area is 139 Å². The van der Waals surface area contributed by atoms with Gasteiger partial charge in [0.2, 0.25) is 0 Å². The van der Waals surface area contributed by atoms with Gasteiger partial charge >= 0.3 is 0 Å². The Kier molecular flexibility index (Phi) is 22.1. The molecule has 0 aliphatic rings. The molecule has 1 N–H and O–H groups in total. The minimum Gasteiger partial charge on any atom is -1.00 e. The highest BCUT2D eigenvalue weighted by atomic mass is 79.9. The van der Waals surface area contributed by atoms with Crippen molar-refractivity contribution in [2.24, 2.45) is 0 Å². The summed E-state index contributed by atoms with van der Waals surface area (Å²) >= 11 is 0. The van der Waals surface area contributed by atoms with Crippen LogP contribution in [0.1, 0.15) is 97.8 Å². The maximum absolute atomic E-state index is 2.31. The zero-order chi connectivity index (χ0) is 14.2. The van der Waals surface area contributed by atoms with E-state index in [-0.39, 0.29) is 17.0 Å². The predicted molar refractivity (Wildman–Crippen MR) is 88.0 cm³/mol. The number of unbranched alkanes of at least 4 members (excludes halogenated alkanes) is 9. The molecule has 0 amide bonds. The number of rotatable bonds is 15. The summed E-state index contributed by atoms with van der Waals surface area (Å²) in [5.74, 6) is 0. The van der Waals surface area contributed by atoms with Crippen LogP contribution in [0.2, 0.25) is 0 Å². The van der Waals surface area contributed by atoms with Crippen LogP contribution in [0.5, 0.6) is 0 Å². The number of hydrogen-bond donors (Lipinski definition) is 1. The molecule has 0 saturated carbocycles. The van der Waals surface area contributed by atoms with Crippen molar-refractivity contribution in [2.75, 3.05) is 19.6 Å². The van der Waals surface area contributed by atoms with E-state index in [2.05, 4.69) is 20.8 Å². The molecule has 0 unspecified atom stereocenters. The zero-order valence-electron chi connectivity index (χ0n) is 14.5. The van der Waals surface area contributed by atoms with E-state index in [1.165, 1.54) is 96.7 Å². The lowest BCUT2D eigenvalue weighted by atomic mass is 10.1. The normalized spacial score (nSPS) is 10.8. The highest BCUT2D eigenvalue weighted by molar-refractivity contribution is 4.47. The number of halogens is 1. The van der Waals surface area contributed by atoms with Crippen LogP contribution >= 0.6 is 0 Å². The van der Waals surface area contributed by atoms with Crippen molar-refractivity contribution in [1.82, 2.24) is 0 Å². The lowest BCUT2D eigenvalue weighted by Crippen LogP contribution is -3.12. The Balaban J connectivity index is 0. The molecule has 0 bridgehead atoms. The van der Waals surface area contributed by atoms with Gasteiger partial charge in [-0.2, -0.15) is 0 Å². The highest BCUT2D eigenvalue weighted by Crippen LogP contribution is 2.09. The highest BCUT2D eigenvalue weighted by Gasteiger charge is 2.04. The van der Waals surface area contributed by atoms with E-state index in [9.17, 15) is 0 Å². The van der Waals surface area contributed by atoms with Gasteiger partial charge in [0.05, 0.1) is 19.6 Å². The summed E-state index contributed by atoms with van der Waals surface area (Å²) in [6.45, 7) is 11.1. The lowest BCUT2D eigenvalue weighted by Gasteiger charge is -2.17. The van der Waals surface area contributed by atoms with E-state index in [0.717, 1.165) is 0 Å². The fourth-order valence-corrected chi connectivity index (χ4v) is 2.94. The molecule has 124 valence electrons. The Morgan fingerprint density at radius 3 is 1.25 bits per heavy atom. The summed E-state index contributed by atoms with van der Waals surface area (Å²) in [6, 6.07) is 0. The molecule has 0 fully saturated rings. The fraction of sp³-hybridized carbons (Fsp3) is 1.00. The maximum atomic E-state index is 2.31. The van der Waals surface area contributed by atoms with Crippen LogP contribution in [0.4, 0.5) is 0 Å². The minimum atomic E-state index is 0. The summed E-state index contributed by atoms with van der Waals surface area (Å²) in [5, 5.41) is 0. The van der Waals surface area contributed by atoms with Crippen LogP contribution in [-0.2, 0) is 0 Å². The van der Waals surface area contributed by atoms with Gasteiger partial charge in [-0.1, -0.05) is 72.1 Å². The van der Waals surface area contributed by atoms with Gasteiger partial charge in [-0.3, -0.25) is 0 Å². The minimum absolute atomic E-state index is 0. The van der Waals surface area contributed by atoms with E-state index in [0.29, 0.717) is 0 Å². The number of nitrogens with one attached hydrogen (secondary N) is 1. The standard InChI is InChI=1S/C18H39N.BrH/c1-4-7-8-9-10-11-12-13-14-15-18-19(16-5-2)17-6-3;/h4-18H2,1-3H3;1H. The van der Waals surface area contributed by atoms with Gasteiger partial charge in [0.25, 0.3) is 0 Å². The third kappa shape index (κ3) is 16.5. The van der Waals surface area contributed by atoms with Gasteiger partial charge in [0.1, 0.15) is 0 Å². The van der Waals surface area contributed by atoms with Gasteiger partial charge < -0.3 is 21.9 Å². The summed E-state index contributed by atoms with van der Waals surface area (Å²) < 4.78 is 0. The van der Waals surface area contributed by atoms with E-state index in [1.54, 1.807) is 0 Å². The van der Waals surface area contributed by atoms with Crippen molar-refractivity contribution in [2.45, 2.75) is 97.8 Å². The molecular weight excluding hydrogens is 310 g/mol. The van der Waals surface area contributed by atoms with Gasteiger partial charge in [-0.05, 0) is 25.7 Å². The number of quaternary nitrogens is 1. The first kappa shape index (κ1) is 22.7. The van der Waals surface area contributed by atoms with Crippen molar-refractivity contribution in [3.05, 3.63) is 0 Å². The van der Waals surface area contributed by atoms with Crippen LogP contribution in [0.25, 0.3) is 0 Å². The quantitative estimate of drug-likeness (QED) is 0.428. The van der Waals surface area contributed by atoms with Crippen molar-refractivity contribution in [1.29, 1.82) is 0 Å². The maximum Gasteiger partial charge on any atom is 0.0770 e. The molecule has 0 rings (SSSR count). The summed E-state index contributed by atoms with van der Waals surface area (Å²) in [5.41, 5.74) is 0. The molecule has 0 aliphatic heterocycles. The van der Waals surface area contributed by atoms with Gasteiger partial charge in [-0.15, -0.1) is 0 Å². The molecule has 2 heteroatoms. The van der Waals surface area contributed by atoms with Gasteiger partial charge in [-0.25, -0.2) is 0 Å². The van der Waals surface area contributed by atoms with Crippen molar-refractivity contribution >= 4 is 0 Å². The van der Waals surface area contributed by atoms with E-state index in [1.807, 2.05) is 4.90 Å². The van der Waals surface area contributed by atoms with Crippen LogP contribution in [0, 0.1) is 0 Å². The average molecular weight is 350 g/mol. The largest absolute Gasteiger partial charge is 1.00 e. The second kappa shape index (κ2) is 19.4. The molecule has 20 heavy (non-hydrogen) atoms. The average Bonchev–Trinajstić information content (AvgIpc) is 2.41. The summed E-state index contributed by atoms with van der Waals surface area (Å²) in [6.07, 6.45) is 17.2. The van der Waals surface area contributed by atoms with Crippen molar-refractivity contribution in [3.63, 3.8) is 0 Å². The van der Waals surface area contributed by atoms with Gasteiger partial charge in [0.15, 0.2) is 0 Å². The molecule has 0 aromatic heterocycles. The van der Waals surface area contributed by atoms with Crippen molar-refractivity contribution in [3.8, 4) is 0 Å². The topological polar surface area (TPSA) is 4.44 Å². The molecule has 0 spiro atoms. The first-order valence-corrected chi connectivity index (χ1v) is 9.18. The second-order valence-electron chi connectivity index (χ2n) is 6.18. The van der Waals surface area contributed by atoms with Crippen molar-refractivity contribution < 1.29 is 21.9 Å². The molecule has 0 radical (unpaired) electrons. The summed E-state index contributed by atoms with van der Waals surface area (Å²) in [4.78, 5) is 1.84. The molecular formula is C18H40BrN. The zero-order valence-corrected chi connectivity index (χ0v) is 16.1. The first-order chi connectivity index (χ1) is 9.35. The molecule has 0 aromatic rings. The first-order valence-electron chi connectivity index (χ1n) is 9.18. The Morgan fingerprint density at radius 2 is 0.850 bits per heavy atom. The SMILES string of the molecule is CCCCCCCCCCCC[NH+](CCC)CCC.[Br-]. The third-order valence-corrected chi connectivity index (χ3v) is 4.09. The molecule has 0 saturated heterocycles. The fourth-order valence-electron chi connectivity index (χ4n) is 2.94. The molecule has 0 aliphatic carbocycles. The van der Waals surface area contributed by atoms with E-state index < -0.39 is 0 Å². The molecule has 0 atom stereocenters. The lowest BCUT2D eigenvalue weighted by molar-refractivity contribution is -0.900. The number of hydrogen-bond acceptors (Lipinski definition) is 0. The Bertz CT molecular complexity index is 155. The van der Waals surface area contributed by atoms with E-state index in [4.69, 9.17) is 0 Å². The third-order valence-electron chi connectivity index (χ3n) is 4.09. The Morgan fingerprint density at radius 1 is 0.450 bits per heavy atom. The molecule has 0 heterocycles.